The summed E-state index contributed by atoms with van der Waals surface area (Å²) in [6, 6.07) is 3.97. The number of carbonyl (C=O) groups is 1. The number of pyridine rings is 1. The number of rotatable bonds is 7. The Morgan fingerprint density at radius 2 is 1.96 bits per heavy atom. The van der Waals surface area contributed by atoms with Gasteiger partial charge in [-0.3, -0.25) is 4.79 Å². The largest absolute Gasteiger partial charge is 0.378 e. The van der Waals surface area contributed by atoms with Crippen molar-refractivity contribution in [2.75, 3.05) is 37.7 Å². The van der Waals surface area contributed by atoms with Gasteiger partial charge in [-0.15, -0.1) is 24.8 Å². The van der Waals surface area contributed by atoms with Crippen LogP contribution in [-0.2, 0) is 16.1 Å². The maximum Gasteiger partial charge on any atom is 0.227 e. The second-order valence-electron chi connectivity index (χ2n) is 6.00. The molecule has 0 spiro atoms. The molecule has 3 N–H and O–H groups in total. The number of halogens is 2. The lowest BCUT2D eigenvalue weighted by Gasteiger charge is -2.29. The van der Waals surface area contributed by atoms with E-state index in [1.54, 1.807) is 6.20 Å². The fourth-order valence-corrected chi connectivity index (χ4v) is 2.86. The normalized spacial score (nSPS) is 14.3. The highest BCUT2D eigenvalue weighted by Gasteiger charge is 2.32. The van der Waals surface area contributed by atoms with E-state index in [1.165, 1.54) is 0 Å². The second kappa shape index (κ2) is 11.5. The Bertz CT molecular complexity index is 513. The molecule has 1 aromatic heterocycles. The molecule has 0 aromatic carbocycles. The average molecular weight is 393 g/mol. The molecule has 0 saturated carbocycles. The number of nitrogens with zero attached hydrogens (tertiary/aromatic N) is 2. The number of ether oxygens (including phenoxy) is 1. The highest BCUT2D eigenvalue weighted by atomic mass is 35.5. The molecular formula is C17H30Cl2N4O2. The Kier molecular flexibility index (Phi) is 11.0. The Balaban J connectivity index is 0.00000288. The van der Waals surface area contributed by atoms with Crippen molar-refractivity contribution in [2.45, 2.75) is 33.2 Å². The van der Waals surface area contributed by atoms with Crippen LogP contribution in [0.2, 0.25) is 0 Å². The molecule has 1 amide bonds. The molecular weight excluding hydrogens is 363 g/mol. The van der Waals surface area contributed by atoms with Crippen molar-refractivity contribution >= 4 is 36.5 Å². The maximum absolute atomic E-state index is 12.5. The number of nitrogens with two attached hydrogens (primary N) is 1. The van der Waals surface area contributed by atoms with Crippen LogP contribution in [0.15, 0.2) is 18.3 Å². The molecule has 25 heavy (non-hydrogen) atoms. The smallest absolute Gasteiger partial charge is 0.227 e. The quantitative estimate of drug-likeness (QED) is 0.742. The fraction of sp³-hybridized carbons (Fsp3) is 0.647. The minimum Gasteiger partial charge on any atom is -0.378 e. The molecule has 0 unspecified atom stereocenters. The molecule has 6 nitrogen and oxygen atoms in total. The Labute approximate surface area is 162 Å². The topological polar surface area (TPSA) is 80.5 Å². The van der Waals surface area contributed by atoms with E-state index in [-0.39, 0.29) is 30.7 Å². The van der Waals surface area contributed by atoms with Crippen LogP contribution < -0.4 is 16.0 Å². The number of morpholine rings is 1. The number of amides is 1. The van der Waals surface area contributed by atoms with Crippen LogP contribution in [0.25, 0.3) is 0 Å². The van der Waals surface area contributed by atoms with Gasteiger partial charge in [0.25, 0.3) is 0 Å². The van der Waals surface area contributed by atoms with Crippen LogP contribution in [0, 0.1) is 5.41 Å². The predicted molar refractivity (Wildman–Crippen MR) is 106 cm³/mol. The number of anilines is 1. The van der Waals surface area contributed by atoms with Gasteiger partial charge in [-0.1, -0.05) is 13.8 Å². The number of aromatic nitrogens is 1. The van der Waals surface area contributed by atoms with Crippen LogP contribution >= 0.6 is 24.8 Å². The third kappa shape index (κ3) is 5.99. The molecule has 0 aliphatic carbocycles. The Morgan fingerprint density at radius 3 is 2.52 bits per heavy atom. The van der Waals surface area contributed by atoms with Crippen molar-refractivity contribution in [3.8, 4) is 0 Å². The number of nitrogens with one attached hydrogen (secondary N) is 1. The first-order valence-electron chi connectivity index (χ1n) is 8.41. The van der Waals surface area contributed by atoms with E-state index in [4.69, 9.17) is 10.5 Å². The SMILES string of the molecule is CCC(CC)(CN)C(=O)NCc1ccnc(N2CCOCC2)c1.Cl.Cl. The molecule has 1 aromatic rings. The summed E-state index contributed by atoms with van der Waals surface area (Å²) in [5.74, 6) is 0.978. The third-order valence-electron chi connectivity index (χ3n) is 4.82. The summed E-state index contributed by atoms with van der Waals surface area (Å²) in [7, 11) is 0. The molecule has 1 fully saturated rings. The molecule has 0 bridgehead atoms. The molecule has 8 heteroatoms. The molecule has 1 saturated heterocycles. The lowest BCUT2D eigenvalue weighted by molar-refractivity contribution is -0.131. The van der Waals surface area contributed by atoms with Gasteiger partial charge in [-0.2, -0.15) is 0 Å². The highest BCUT2D eigenvalue weighted by molar-refractivity contribution is 5.85. The Hall–Kier alpha value is -1.08. The van der Waals surface area contributed by atoms with Crippen LogP contribution in [0.4, 0.5) is 5.82 Å². The van der Waals surface area contributed by atoms with E-state index in [1.807, 2.05) is 26.0 Å². The van der Waals surface area contributed by atoms with Gasteiger partial charge >= 0.3 is 0 Å². The van der Waals surface area contributed by atoms with Gasteiger partial charge in [0.05, 0.1) is 18.6 Å². The molecule has 1 aliphatic heterocycles. The fourth-order valence-electron chi connectivity index (χ4n) is 2.86. The van der Waals surface area contributed by atoms with Crippen LogP contribution in [0.5, 0.6) is 0 Å². The average Bonchev–Trinajstić information content (AvgIpc) is 2.63. The van der Waals surface area contributed by atoms with E-state index in [0.29, 0.717) is 13.1 Å². The zero-order valence-electron chi connectivity index (χ0n) is 15.0. The zero-order valence-corrected chi connectivity index (χ0v) is 16.6. The molecule has 1 aliphatic rings. The molecule has 144 valence electrons. The molecule has 2 rings (SSSR count). The van der Waals surface area contributed by atoms with Crippen LogP contribution in [0.3, 0.4) is 0 Å². The summed E-state index contributed by atoms with van der Waals surface area (Å²) in [5, 5.41) is 3.03. The third-order valence-corrected chi connectivity index (χ3v) is 4.82. The summed E-state index contributed by atoms with van der Waals surface area (Å²) in [4.78, 5) is 19.1. The monoisotopic (exact) mass is 392 g/mol. The van der Waals surface area contributed by atoms with Gasteiger partial charge in [-0.25, -0.2) is 4.98 Å². The zero-order chi connectivity index (χ0) is 16.7. The lowest BCUT2D eigenvalue weighted by Crippen LogP contribution is -2.45. The minimum absolute atomic E-state index is 0. The first-order chi connectivity index (χ1) is 11.1. The van der Waals surface area contributed by atoms with Crippen molar-refractivity contribution in [2.24, 2.45) is 11.1 Å². The summed E-state index contributed by atoms with van der Waals surface area (Å²) >= 11 is 0. The van der Waals surface area contributed by atoms with E-state index < -0.39 is 5.41 Å². The Morgan fingerprint density at radius 1 is 1.32 bits per heavy atom. The maximum atomic E-state index is 12.5. The van der Waals surface area contributed by atoms with Gasteiger partial charge in [0, 0.05) is 32.4 Å². The van der Waals surface area contributed by atoms with Gasteiger partial charge in [0.1, 0.15) is 5.82 Å². The number of hydrogen-bond donors (Lipinski definition) is 2. The van der Waals surface area contributed by atoms with Crippen molar-refractivity contribution in [3.05, 3.63) is 23.9 Å². The molecule has 0 atom stereocenters. The number of carbonyl (C=O) groups excluding carboxylic acids is 1. The van der Waals surface area contributed by atoms with Gasteiger partial charge in [0.2, 0.25) is 5.91 Å². The summed E-state index contributed by atoms with van der Waals surface area (Å²) in [6.45, 7) is 8.07. The molecule has 2 heterocycles. The van der Waals surface area contributed by atoms with Gasteiger partial charge < -0.3 is 20.7 Å². The lowest BCUT2D eigenvalue weighted by atomic mass is 9.81. The molecule has 0 radical (unpaired) electrons. The highest BCUT2D eigenvalue weighted by Crippen LogP contribution is 2.25. The van der Waals surface area contributed by atoms with Gasteiger partial charge in [0.15, 0.2) is 0 Å². The van der Waals surface area contributed by atoms with Crippen molar-refractivity contribution in [1.82, 2.24) is 10.3 Å². The van der Waals surface area contributed by atoms with Crippen LogP contribution in [-0.4, -0.2) is 43.7 Å². The summed E-state index contributed by atoms with van der Waals surface area (Å²) in [6.07, 6.45) is 3.30. The summed E-state index contributed by atoms with van der Waals surface area (Å²) in [5.41, 5.74) is 6.42. The van der Waals surface area contributed by atoms with E-state index in [9.17, 15) is 4.79 Å². The van der Waals surface area contributed by atoms with E-state index in [2.05, 4.69) is 15.2 Å². The van der Waals surface area contributed by atoms with Crippen molar-refractivity contribution < 1.29 is 9.53 Å². The minimum atomic E-state index is -0.458. The van der Waals surface area contributed by atoms with E-state index >= 15 is 0 Å². The standard InChI is InChI=1S/C17H28N4O2.2ClH/c1-3-17(4-2,13-18)16(22)20-12-14-5-6-19-15(11-14)21-7-9-23-10-8-21;;/h5-6,11H,3-4,7-10,12-13,18H2,1-2H3,(H,20,22);2*1H. The van der Waals surface area contributed by atoms with Crippen molar-refractivity contribution in [1.29, 1.82) is 0 Å². The van der Waals surface area contributed by atoms with E-state index in [0.717, 1.165) is 50.5 Å². The van der Waals surface area contributed by atoms with Crippen LogP contribution in [0.1, 0.15) is 32.3 Å². The first-order valence-corrected chi connectivity index (χ1v) is 8.41. The first kappa shape index (κ1) is 23.9. The predicted octanol–water partition coefficient (Wildman–Crippen LogP) is 2.14. The van der Waals surface area contributed by atoms with Crippen molar-refractivity contribution in [3.63, 3.8) is 0 Å². The van der Waals surface area contributed by atoms with Gasteiger partial charge in [-0.05, 0) is 30.5 Å². The number of hydrogen-bond acceptors (Lipinski definition) is 5. The second-order valence-corrected chi connectivity index (χ2v) is 6.00. The summed E-state index contributed by atoms with van der Waals surface area (Å²) < 4.78 is 5.37.